The van der Waals surface area contributed by atoms with Gasteiger partial charge in [-0.2, -0.15) is 0 Å². The van der Waals surface area contributed by atoms with Crippen molar-refractivity contribution in [3.8, 4) is 0 Å². The minimum atomic E-state index is -3.52. The van der Waals surface area contributed by atoms with Crippen LogP contribution in [0.1, 0.15) is 37.8 Å². The lowest BCUT2D eigenvalue weighted by molar-refractivity contribution is 0.540. The van der Waals surface area contributed by atoms with Crippen molar-refractivity contribution in [2.75, 3.05) is 12.3 Å². The van der Waals surface area contributed by atoms with Crippen LogP contribution in [0.4, 0.5) is 5.69 Å². The summed E-state index contributed by atoms with van der Waals surface area (Å²) in [7, 11) is -3.52. The Morgan fingerprint density at radius 1 is 1.21 bits per heavy atom. The van der Waals surface area contributed by atoms with Crippen LogP contribution in [-0.2, 0) is 10.0 Å². The van der Waals surface area contributed by atoms with E-state index in [0.717, 1.165) is 18.4 Å². The maximum atomic E-state index is 12.3. The van der Waals surface area contributed by atoms with Crippen molar-refractivity contribution in [3.63, 3.8) is 0 Å². The van der Waals surface area contributed by atoms with Gasteiger partial charge in [0.2, 0.25) is 10.0 Å². The number of hydrogen-bond donors (Lipinski definition) is 2. The molecule has 0 unspecified atom stereocenters. The quantitative estimate of drug-likeness (QED) is 0.623. The van der Waals surface area contributed by atoms with Gasteiger partial charge in [0, 0.05) is 6.54 Å². The molecule has 1 aromatic rings. The molecule has 3 N–H and O–H groups in total. The van der Waals surface area contributed by atoms with E-state index in [1.54, 1.807) is 13.0 Å². The predicted molar refractivity (Wildman–Crippen MR) is 79.6 cm³/mol. The van der Waals surface area contributed by atoms with Crippen LogP contribution in [0.5, 0.6) is 0 Å². The Hall–Kier alpha value is -1.07. The highest BCUT2D eigenvalue weighted by Gasteiger charge is 2.20. The third-order valence-electron chi connectivity index (χ3n) is 3.13. The molecule has 108 valence electrons. The molecule has 0 bridgehead atoms. The number of sulfonamides is 1. The summed E-state index contributed by atoms with van der Waals surface area (Å²) in [6, 6.07) is 3.62. The smallest absolute Gasteiger partial charge is 0.242 e. The number of nitrogens with one attached hydrogen (secondary N) is 1. The van der Waals surface area contributed by atoms with Gasteiger partial charge in [-0.15, -0.1) is 0 Å². The minimum absolute atomic E-state index is 0.219. The first-order valence-electron chi connectivity index (χ1n) is 6.61. The summed E-state index contributed by atoms with van der Waals surface area (Å²) < 4.78 is 27.2. The summed E-state index contributed by atoms with van der Waals surface area (Å²) in [6.45, 7) is 8.27. The molecule has 5 heteroatoms. The zero-order chi connectivity index (χ0) is 14.6. The van der Waals surface area contributed by atoms with Gasteiger partial charge < -0.3 is 5.73 Å². The van der Waals surface area contributed by atoms with Crippen molar-refractivity contribution in [3.05, 3.63) is 23.3 Å². The molecule has 0 amide bonds. The van der Waals surface area contributed by atoms with E-state index in [4.69, 9.17) is 5.73 Å². The number of benzene rings is 1. The van der Waals surface area contributed by atoms with Crippen molar-refractivity contribution in [2.45, 2.75) is 45.4 Å². The van der Waals surface area contributed by atoms with Crippen LogP contribution < -0.4 is 10.5 Å². The Labute approximate surface area is 116 Å². The number of rotatable bonds is 6. The largest absolute Gasteiger partial charge is 0.397 e. The molecule has 0 spiro atoms. The fraction of sp³-hybridized carbons (Fsp3) is 0.571. The van der Waals surface area contributed by atoms with Gasteiger partial charge in [0.15, 0.2) is 0 Å². The van der Waals surface area contributed by atoms with Crippen LogP contribution >= 0.6 is 0 Å². The Bertz CT molecular complexity index is 537. The van der Waals surface area contributed by atoms with Gasteiger partial charge in [-0.1, -0.05) is 26.0 Å². The monoisotopic (exact) mass is 284 g/mol. The number of nitrogens with two attached hydrogens (primary N) is 1. The topological polar surface area (TPSA) is 72.2 Å². The van der Waals surface area contributed by atoms with E-state index in [2.05, 4.69) is 18.6 Å². The average Bonchev–Trinajstić information content (AvgIpc) is 2.29. The zero-order valence-corrected chi connectivity index (χ0v) is 13.0. The standard InChI is InChI=1S/C14H24N2O2S/c1-10(2)6-5-9-16-19(17,18)14-12(4)8-7-11(3)13(14)15/h7-8,10,16H,5-6,9,15H2,1-4H3. The van der Waals surface area contributed by atoms with Crippen molar-refractivity contribution in [1.82, 2.24) is 4.72 Å². The zero-order valence-electron chi connectivity index (χ0n) is 12.2. The molecule has 0 fully saturated rings. The van der Waals surface area contributed by atoms with Crippen LogP contribution in [0, 0.1) is 19.8 Å². The molecule has 0 aromatic heterocycles. The fourth-order valence-electron chi connectivity index (χ4n) is 1.95. The molecule has 0 aliphatic carbocycles. The van der Waals surface area contributed by atoms with Gasteiger partial charge >= 0.3 is 0 Å². The van der Waals surface area contributed by atoms with Crippen LogP contribution in [0.2, 0.25) is 0 Å². The lowest BCUT2D eigenvalue weighted by atomic mass is 10.1. The van der Waals surface area contributed by atoms with E-state index < -0.39 is 10.0 Å². The maximum Gasteiger partial charge on any atom is 0.242 e. The van der Waals surface area contributed by atoms with Gasteiger partial charge in [0.25, 0.3) is 0 Å². The molecule has 19 heavy (non-hydrogen) atoms. The first-order valence-corrected chi connectivity index (χ1v) is 8.09. The second-order valence-corrected chi connectivity index (χ2v) is 7.08. The highest BCUT2D eigenvalue weighted by molar-refractivity contribution is 7.89. The Balaban J connectivity index is 2.86. The van der Waals surface area contributed by atoms with Gasteiger partial charge in [0.05, 0.1) is 5.69 Å². The van der Waals surface area contributed by atoms with Gasteiger partial charge in [-0.3, -0.25) is 0 Å². The predicted octanol–water partition coefficient (Wildman–Crippen LogP) is 2.60. The third-order valence-corrected chi connectivity index (χ3v) is 4.79. The van der Waals surface area contributed by atoms with Crippen molar-refractivity contribution < 1.29 is 8.42 Å². The number of anilines is 1. The van der Waals surface area contributed by atoms with Crippen LogP contribution in [0.15, 0.2) is 17.0 Å². The summed E-state index contributed by atoms with van der Waals surface area (Å²) in [6.07, 6.45) is 1.84. The average molecular weight is 284 g/mol. The molecule has 0 atom stereocenters. The van der Waals surface area contributed by atoms with Crippen LogP contribution in [0.3, 0.4) is 0 Å². The van der Waals surface area contributed by atoms with E-state index in [-0.39, 0.29) is 4.90 Å². The van der Waals surface area contributed by atoms with Gasteiger partial charge in [-0.05, 0) is 43.7 Å². The second kappa shape index (κ2) is 6.39. The summed E-state index contributed by atoms with van der Waals surface area (Å²) in [5.41, 5.74) is 7.71. The third kappa shape index (κ3) is 4.21. The fourth-order valence-corrected chi connectivity index (χ4v) is 3.45. The Kier molecular flexibility index (Phi) is 5.38. The number of hydrogen-bond acceptors (Lipinski definition) is 3. The number of nitrogen functional groups attached to an aromatic ring is 1. The maximum absolute atomic E-state index is 12.3. The molecule has 4 nitrogen and oxygen atoms in total. The summed E-state index contributed by atoms with van der Waals surface area (Å²) >= 11 is 0. The van der Waals surface area contributed by atoms with E-state index in [9.17, 15) is 8.42 Å². The van der Waals surface area contributed by atoms with Crippen LogP contribution in [-0.4, -0.2) is 15.0 Å². The van der Waals surface area contributed by atoms with E-state index in [0.29, 0.717) is 23.7 Å². The normalized spacial score (nSPS) is 12.1. The molecule has 1 aromatic carbocycles. The summed E-state index contributed by atoms with van der Waals surface area (Å²) in [5.74, 6) is 0.579. The Morgan fingerprint density at radius 3 is 2.37 bits per heavy atom. The molecular weight excluding hydrogens is 260 g/mol. The highest BCUT2D eigenvalue weighted by atomic mass is 32.2. The van der Waals surface area contributed by atoms with Crippen molar-refractivity contribution in [1.29, 1.82) is 0 Å². The number of aryl methyl sites for hydroxylation is 2. The second-order valence-electron chi connectivity index (χ2n) is 5.38. The van der Waals surface area contributed by atoms with Crippen molar-refractivity contribution >= 4 is 15.7 Å². The molecule has 0 saturated carbocycles. The SMILES string of the molecule is Cc1ccc(C)c(S(=O)(=O)NCCCC(C)C)c1N. The lowest BCUT2D eigenvalue weighted by Crippen LogP contribution is -2.26. The minimum Gasteiger partial charge on any atom is -0.397 e. The molecular formula is C14H24N2O2S. The first-order chi connectivity index (χ1) is 8.75. The van der Waals surface area contributed by atoms with E-state index in [1.807, 2.05) is 13.0 Å². The Morgan fingerprint density at radius 2 is 1.79 bits per heavy atom. The summed E-state index contributed by atoms with van der Waals surface area (Å²) in [5, 5.41) is 0. The molecule has 0 aliphatic rings. The van der Waals surface area contributed by atoms with E-state index >= 15 is 0 Å². The first kappa shape index (κ1) is 16.0. The van der Waals surface area contributed by atoms with Crippen LogP contribution in [0.25, 0.3) is 0 Å². The lowest BCUT2D eigenvalue weighted by Gasteiger charge is -2.13. The van der Waals surface area contributed by atoms with Crippen molar-refractivity contribution in [2.24, 2.45) is 5.92 Å². The molecule has 1 rings (SSSR count). The molecule has 0 heterocycles. The van der Waals surface area contributed by atoms with Gasteiger partial charge in [0.1, 0.15) is 4.90 Å². The summed E-state index contributed by atoms with van der Waals surface area (Å²) in [4.78, 5) is 0.219. The molecule has 0 saturated heterocycles. The molecule has 0 aliphatic heterocycles. The highest BCUT2D eigenvalue weighted by Crippen LogP contribution is 2.25. The van der Waals surface area contributed by atoms with E-state index in [1.165, 1.54) is 0 Å². The van der Waals surface area contributed by atoms with Gasteiger partial charge in [-0.25, -0.2) is 13.1 Å². The molecule has 0 radical (unpaired) electrons.